The fourth-order valence-corrected chi connectivity index (χ4v) is 3.71. The Morgan fingerprint density at radius 2 is 1.89 bits per heavy atom. The molecule has 1 N–H and O–H groups in total. The van der Waals surface area contributed by atoms with E-state index in [-0.39, 0.29) is 17.4 Å². The summed E-state index contributed by atoms with van der Waals surface area (Å²) >= 11 is 1.39. The molecule has 1 aromatic carbocycles. The summed E-state index contributed by atoms with van der Waals surface area (Å²) in [4.78, 5) is 25.7. The highest BCUT2D eigenvalue weighted by Crippen LogP contribution is 2.23. The van der Waals surface area contributed by atoms with Crippen LogP contribution in [0, 0.1) is 0 Å². The topological polar surface area (TPSA) is 89.3 Å². The second kappa shape index (κ2) is 9.01. The van der Waals surface area contributed by atoms with Crippen molar-refractivity contribution in [2.75, 3.05) is 42.3 Å². The summed E-state index contributed by atoms with van der Waals surface area (Å²) in [6.07, 6.45) is 0. The number of morpholine rings is 1. The second-order valence-corrected chi connectivity index (χ2v) is 7.04. The molecule has 0 radical (unpaired) electrons. The van der Waals surface area contributed by atoms with Crippen molar-refractivity contribution in [1.82, 2.24) is 14.8 Å². The first-order valence-electron chi connectivity index (χ1n) is 8.88. The van der Waals surface area contributed by atoms with Gasteiger partial charge in [0.2, 0.25) is 11.9 Å². The first-order chi connectivity index (χ1) is 13.1. The van der Waals surface area contributed by atoms with Gasteiger partial charge < -0.3 is 15.0 Å². The number of amides is 1. The van der Waals surface area contributed by atoms with E-state index in [4.69, 9.17) is 4.74 Å². The van der Waals surface area contributed by atoms with Crippen molar-refractivity contribution in [3.05, 3.63) is 29.8 Å². The Bertz CT molecular complexity index is 800. The lowest BCUT2D eigenvalue weighted by Crippen LogP contribution is -2.38. The predicted octanol–water partition coefficient (Wildman–Crippen LogP) is 2.07. The van der Waals surface area contributed by atoms with Crippen LogP contribution in [0.5, 0.6) is 0 Å². The molecule has 1 aliphatic heterocycles. The number of aromatic nitrogens is 3. The molecule has 0 aliphatic carbocycles. The second-order valence-electron chi connectivity index (χ2n) is 6.10. The molecule has 0 bridgehead atoms. The van der Waals surface area contributed by atoms with E-state index in [1.54, 1.807) is 24.3 Å². The van der Waals surface area contributed by atoms with Crippen LogP contribution >= 0.6 is 11.8 Å². The number of thioether (sulfide) groups is 1. The number of Topliss-reactive ketones (excluding diaryl/α,β-unsaturated/α-hetero) is 1. The largest absolute Gasteiger partial charge is 0.378 e. The van der Waals surface area contributed by atoms with Crippen molar-refractivity contribution in [3.63, 3.8) is 0 Å². The quantitative estimate of drug-likeness (QED) is 0.573. The van der Waals surface area contributed by atoms with Gasteiger partial charge in [-0.05, 0) is 31.2 Å². The zero-order chi connectivity index (χ0) is 19.2. The van der Waals surface area contributed by atoms with Crippen molar-refractivity contribution in [1.29, 1.82) is 0 Å². The number of carbonyl (C=O) groups excluding carboxylic acids is 2. The summed E-state index contributed by atoms with van der Waals surface area (Å²) in [6, 6.07) is 6.89. The van der Waals surface area contributed by atoms with E-state index < -0.39 is 0 Å². The molecule has 27 heavy (non-hydrogen) atoms. The Kier molecular flexibility index (Phi) is 6.46. The monoisotopic (exact) mass is 389 g/mol. The molecule has 9 heteroatoms. The van der Waals surface area contributed by atoms with Gasteiger partial charge in [0.25, 0.3) is 0 Å². The Balaban J connectivity index is 1.63. The number of anilines is 2. The molecule has 1 amide bonds. The third-order valence-electron chi connectivity index (χ3n) is 4.17. The number of carbonyl (C=O) groups is 2. The third-order valence-corrected chi connectivity index (χ3v) is 5.13. The average molecular weight is 389 g/mol. The van der Waals surface area contributed by atoms with Crippen LogP contribution in [0.3, 0.4) is 0 Å². The third kappa shape index (κ3) is 4.86. The summed E-state index contributed by atoms with van der Waals surface area (Å²) in [5.41, 5.74) is 1.28. The van der Waals surface area contributed by atoms with Gasteiger partial charge in [0.15, 0.2) is 10.9 Å². The van der Waals surface area contributed by atoms with Gasteiger partial charge in [-0.2, -0.15) is 0 Å². The summed E-state index contributed by atoms with van der Waals surface area (Å²) in [7, 11) is 0. The van der Waals surface area contributed by atoms with Gasteiger partial charge in [-0.25, -0.2) is 0 Å². The van der Waals surface area contributed by atoms with E-state index in [0.717, 1.165) is 30.7 Å². The van der Waals surface area contributed by atoms with E-state index in [9.17, 15) is 9.59 Å². The number of ketones is 1. The number of hydrogen-bond acceptors (Lipinski definition) is 7. The van der Waals surface area contributed by atoms with Crippen LogP contribution in [0.25, 0.3) is 0 Å². The SMILES string of the molecule is CCn1c(SCC(=O)c2ccc(NC(C)=O)cc2)nnc1N1CCOCC1. The van der Waals surface area contributed by atoms with E-state index in [2.05, 4.69) is 20.4 Å². The molecule has 0 spiro atoms. The number of rotatable bonds is 7. The maximum atomic E-state index is 12.5. The van der Waals surface area contributed by atoms with Gasteiger partial charge in [-0.15, -0.1) is 10.2 Å². The van der Waals surface area contributed by atoms with Crippen molar-refractivity contribution in [2.24, 2.45) is 0 Å². The minimum atomic E-state index is -0.139. The van der Waals surface area contributed by atoms with Gasteiger partial charge in [0, 0.05) is 37.8 Å². The van der Waals surface area contributed by atoms with Gasteiger partial charge in [0.1, 0.15) is 0 Å². The van der Waals surface area contributed by atoms with Gasteiger partial charge in [0.05, 0.1) is 19.0 Å². The van der Waals surface area contributed by atoms with Crippen molar-refractivity contribution in [2.45, 2.75) is 25.5 Å². The van der Waals surface area contributed by atoms with Crippen LogP contribution in [0.4, 0.5) is 11.6 Å². The van der Waals surface area contributed by atoms with Crippen LogP contribution < -0.4 is 10.2 Å². The smallest absolute Gasteiger partial charge is 0.228 e. The molecule has 144 valence electrons. The van der Waals surface area contributed by atoms with Crippen LogP contribution in [0.15, 0.2) is 29.4 Å². The lowest BCUT2D eigenvalue weighted by Gasteiger charge is -2.27. The highest BCUT2D eigenvalue weighted by atomic mass is 32.2. The molecular formula is C18H23N5O3S. The summed E-state index contributed by atoms with van der Waals surface area (Å²) in [6.45, 7) is 7.19. The number of nitrogens with one attached hydrogen (secondary N) is 1. The Hall–Kier alpha value is -2.39. The molecule has 1 aliphatic rings. The van der Waals surface area contributed by atoms with Gasteiger partial charge in [-0.1, -0.05) is 11.8 Å². The van der Waals surface area contributed by atoms with Crippen LogP contribution in [-0.4, -0.2) is 58.5 Å². The summed E-state index contributed by atoms with van der Waals surface area (Å²) in [5, 5.41) is 12.0. The van der Waals surface area contributed by atoms with Gasteiger partial charge >= 0.3 is 0 Å². The molecular weight excluding hydrogens is 366 g/mol. The maximum absolute atomic E-state index is 12.5. The highest BCUT2D eigenvalue weighted by molar-refractivity contribution is 7.99. The van der Waals surface area contributed by atoms with E-state index in [1.807, 2.05) is 11.5 Å². The normalized spacial score (nSPS) is 14.2. The van der Waals surface area contributed by atoms with E-state index >= 15 is 0 Å². The molecule has 3 rings (SSSR count). The molecule has 0 atom stereocenters. The zero-order valence-corrected chi connectivity index (χ0v) is 16.3. The van der Waals surface area contributed by atoms with Crippen LogP contribution in [-0.2, 0) is 16.1 Å². The molecule has 0 unspecified atom stereocenters. The van der Waals surface area contributed by atoms with Crippen LogP contribution in [0.1, 0.15) is 24.2 Å². The number of hydrogen-bond donors (Lipinski definition) is 1. The molecule has 2 heterocycles. The molecule has 0 saturated carbocycles. The molecule has 2 aromatic rings. The van der Waals surface area contributed by atoms with E-state index in [1.165, 1.54) is 18.7 Å². The minimum Gasteiger partial charge on any atom is -0.378 e. The average Bonchev–Trinajstić information content (AvgIpc) is 3.10. The van der Waals surface area contributed by atoms with E-state index in [0.29, 0.717) is 24.5 Å². The lowest BCUT2D eigenvalue weighted by atomic mass is 10.1. The zero-order valence-electron chi connectivity index (χ0n) is 15.5. The maximum Gasteiger partial charge on any atom is 0.228 e. The minimum absolute atomic E-state index is 0.00736. The Morgan fingerprint density at radius 3 is 2.52 bits per heavy atom. The number of nitrogens with zero attached hydrogens (tertiary/aromatic N) is 4. The lowest BCUT2D eigenvalue weighted by molar-refractivity contribution is -0.114. The molecule has 1 aromatic heterocycles. The van der Waals surface area contributed by atoms with Gasteiger partial charge in [-0.3, -0.25) is 14.2 Å². The summed E-state index contributed by atoms with van der Waals surface area (Å²) in [5.74, 6) is 0.976. The fraction of sp³-hybridized carbons (Fsp3) is 0.444. The first-order valence-corrected chi connectivity index (χ1v) is 9.86. The number of ether oxygens (including phenoxy) is 1. The fourth-order valence-electron chi connectivity index (χ4n) is 2.82. The van der Waals surface area contributed by atoms with Crippen LogP contribution in [0.2, 0.25) is 0 Å². The van der Waals surface area contributed by atoms with Crippen molar-refractivity contribution < 1.29 is 14.3 Å². The standard InChI is InChI=1S/C18H23N5O3S/c1-3-23-17(22-8-10-26-11-9-22)20-21-18(23)27-12-16(25)14-4-6-15(7-5-14)19-13(2)24/h4-7H,3,8-12H2,1-2H3,(H,19,24). The molecule has 8 nitrogen and oxygen atoms in total. The van der Waals surface area contributed by atoms with Crippen molar-refractivity contribution in [3.8, 4) is 0 Å². The summed E-state index contributed by atoms with van der Waals surface area (Å²) < 4.78 is 7.42. The van der Waals surface area contributed by atoms with Crippen molar-refractivity contribution >= 4 is 35.1 Å². The Labute approximate surface area is 162 Å². The molecule has 1 fully saturated rings. The Morgan fingerprint density at radius 1 is 1.19 bits per heavy atom. The first kappa shape index (κ1) is 19.4. The number of benzene rings is 1. The predicted molar refractivity (Wildman–Crippen MR) is 105 cm³/mol. The highest BCUT2D eigenvalue weighted by Gasteiger charge is 2.20. The molecule has 1 saturated heterocycles.